The summed E-state index contributed by atoms with van der Waals surface area (Å²) < 4.78 is 0. The molecule has 1 N–H and O–H groups in total. The van der Waals surface area contributed by atoms with E-state index in [-0.39, 0.29) is 5.78 Å². The highest BCUT2D eigenvalue weighted by Crippen LogP contribution is 2.15. The highest BCUT2D eigenvalue weighted by Gasteiger charge is 2.16. The smallest absolute Gasteiger partial charge is 0.175 e. The molecule has 13 heavy (non-hydrogen) atoms. The molecule has 0 atom stereocenters. The summed E-state index contributed by atoms with van der Waals surface area (Å²) in [5, 5.41) is 11.9. The molecular formula is C10H14N2O. The number of nitrogens with zero attached hydrogens (tertiary/aromatic N) is 1. The first-order chi connectivity index (χ1) is 6.29. The maximum absolute atomic E-state index is 11.4. The second-order valence-corrected chi connectivity index (χ2v) is 3.17. The summed E-state index contributed by atoms with van der Waals surface area (Å²) in [4.78, 5) is 11.4. The summed E-state index contributed by atoms with van der Waals surface area (Å²) in [7, 11) is 0. The Kier molecular flexibility index (Phi) is 3.51. The number of rotatable bonds is 3. The van der Waals surface area contributed by atoms with Crippen LogP contribution < -0.4 is 5.32 Å². The fraction of sp³-hybridized carbons (Fsp3) is 0.600. The van der Waals surface area contributed by atoms with E-state index in [0.717, 1.165) is 31.5 Å². The lowest BCUT2D eigenvalue weighted by Gasteiger charge is -2.02. The van der Waals surface area contributed by atoms with Crippen LogP contribution in [0.25, 0.3) is 0 Å². The van der Waals surface area contributed by atoms with Gasteiger partial charge in [-0.25, -0.2) is 0 Å². The molecule has 0 bridgehead atoms. The number of nitrogens with one attached hydrogen (secondary N) is 1. The van der Waals surface area contributed by atoms with E-state index in [9.17, 15) is 4.79 Å². The van der Waals surface area contributed by atoms with Crippen molar-refractivity contribution in [2.45, 2.75) is 32.6 Å². The quantitative estimate of drug-likeness (QED) is 0.526. The van der Waals surface area contributed by atoms with Gasteiger partial charge in [-0.15, -0.1) is 0 Å². The normalized spacial score (nSPS) is 19.1. The number of Topliss-reactive ketones (excluding diaryl/α,β-unsaturated/α-hetero) is 1. The molecule has 0 aromatic carbocycles. The number of hydrogen-bond donors (Lipinski definition) is 1. The van der Waals surface area contributed by atoms with Crippen molar-refractivity contribution in [3.8, 4) is 6.07 Å². The van der Waals surface area contributed by atoms with E-state index in [0.29, 0.717) is 12.0 Å². The summed E-state index contributed by atoms with van der Waals surface area (Å²) in [6, 6.07) is 2.00. The molecule has 1 aliphatic heterocycles. The van der Waals surface area contributed by atoms with Crippen molar-refractivity contribution in [2.75, 3.05) is 6.54 Å². The zero-order chi connectivity index (χ0) is 9.68. The molecule has 1 aliphatic rings. The first-order valence-corrected chi connectivity index (χ1v) is 4.70. The molecule has 0 unspecified atom stereocenters. The lowest BCUT2D eigenvalue weighted by molar-refractivity contribution is -0.115. The minimum Gasteiger partial charge on any atom is -0.387 e. The predicted octanol–water partition coefficient (Wildman–Crippen LogP) is 1.52. The standard InChI is InChI=1S/C10H14N2O/c1-2-4-10(13)8(7-11)9-5-3-6-12-9/h12H,2-6H2,1H3/b9-8-. The Morgan fingerprint density at radius 3 is 2.92 bits per heavy atom. The van der Waals surface area contributed by atoms with Gasteiger partial charge in [-0.1, -0.05) is 6.92 Å². The van der Waals surface area contributed by atoms with Gasteiger partial charge in [0.05, 0.1) is 0 Å². The Bertz CT molecular complexity index is 265. The highest BCUT2D eigenvalue weighted by atomic mass is 16.1. The Morgan fingerprint density at radius 2 is 2.46 bits per heavy atom. The SMILES string of the molecule is CCCC(=O)/C(C#N)=C1/CCCN1. The third-order valence-corrected chi connectivity index (χ3v) is 2.11. The van der Waals surface area contributed by atoms with Crippen molar-refractivity contribution in [2.24, 2.45) is 0 Å². The van der Waals surface area contributed by atoms with Crippen LogP contribution in [0.4, 0.5) is 0 Å². The van der Waals surface area contributed by atoms with Gasteiger partial charge in [-0.05, 0) is 19.3 Å². The molecule has 3 heteroatoms. The molecule has 0 spiro atoms. The molecule has 0 saturated carbocycles. The molecule has 70 valence electrons. The molecule has 0 amide bonds. The fourth-order valence-corrected chi connectivity index (χ4v) is 1.46. The van der Waals surface area contributed by atoms with Crippen LogP contribution in [0.5, 0.6) is 0 Å². The number of allylic oxidation sites excluding steroid dienone is 2. The zero-order valence-electron chi connectivity index (χ0n) is 7.89. The molecule has 1 fully saturated rings. The van der Waals surface area contributed by atoms with Crippen LogP contribution in [0, 0.1) is 11.3 Å². The molecule has 0 aromatic heterocycles. The number of carbonyl (C=O) groups is 1. The van der Waals surface area contributed by atoms with Gasteiger partial charge in [0.2, 0.25) is 0 Å². The van der Waals surface area contributed by atoms with E-state index in [2.05, 4.69) is 5.32 Å². The van der Waals surface area contributed by atoms with Crippen molar-refractivity contribution >= 4 is 5.78 Å². The average molecular weight is 178 g/mol. The summed E-state index contributed by atoms with van der Waals surface area (Å²) in [5.41, 5.74) is 1.19. The molecular weight excluding hydrogens is 164 g/mol. The first-order valence-electron chi connectivity index (χ1n) is 4.70. The van der Waals surface area contributed by atoms with Crippen molar-refractivity contribution < 1.29 is 4.79 Å². The van der Waals surface area contributed by atoms with Crippen LogP contribution in [0.3, 0.4) is 0 Å². The Labute approximate surface area is 78.4 Å². The van der Waals surface area contributed by atoms with Crippen LogP contribution >= 0.6 is 0 Å². The topological polar surface area (TPSA) is 52.9 Å². The van der Waals surface area contributed by atoms with E-state index in [4.69, 9.17) is 5.26 Å². The van der Waals surface area contributed by atoms with Crippen LogP contribution in [0.1, 0.15) is 32.6 Å². The predicted molar refractivity (Wildman–Crippen MR) is 49.8 cm³/mol. The van der Waals surface area contributed by atoms with Gasteiger partial charge in [-0.2, -0.15) is 5.26 Å². The third kappa shape index (κ3) is 2.32. The highest BCUT2D eigenvalue weighted by molar-refractivity contribution is 5.99. The molecule has 1 rings (SSSR count). The fourth-order valence-electron chi connectivity index (χ4n) is 1.46. The van der Waals surface area contributed by atoms with E-state index >= 15 is 0 Å². The van der Waals surface area contributed by atoms with Crippen molar-refractivity contribution in [1.82, 2.24) is 5.32 Å². The van der Waals surface area contributed by atoms with Gasteiger partial charge >= 0.3 is 0 Å². The monoisotopic (exact) mass is 178 g/mol. The van der Waals surface area contributed by atoms with E-state index < -0.39 is 0 Å². The minimum atomic E-state index is -0.0191. The number of nitriles is 1. The molecule has 1 saturated heterocycles. The van der Waals surface area contributed by atoms with Crippen LogP contribution in [0.2, 0.25) is 0 Å². The molecule has 1 heterocycles. The van der Waals surface area contributed by atoms with Gasteiger partial charge in [0.25, 0.3) is 0 Å². The van der Waals surface area contributed by atoms with Crippen molar-refractivity contribution in [3.63, 3.8) is 0 Å². The second kappa shape index (κ2) is 4.66. The molecule has 3 nitrogen and oxygen atoms in total. The van der Waals surface area contributed by atoms with E-state index in [1.54, 1.807) is 0 Å². The summed E-state index contributed by atoms with van der Waals surface area (Å²) in [5.74, 6) is -0.0191. The lowest BCUT2D eigenvalue weighted by Crippen LogP contribution is -2.11. The van der Waals surface area contributed by atoms with Gasteiger partial charge in [-0.3, -0.25) is 4.79 Å². The summed E-state index contributed by atoms with van der Waals surface area (Å²) in [6.07, 6.45) is 3.16. The third-order valence-electron chi connectivity index (χ3n) is 2.11. The van der Waals surface area contributed by atoms with E-state index in [1.807, 2.05) is 13.0 Å². The van der Waals surface area contributed by atoms with Gasteiger partial charge in [0.1, 0.15) is 11.6 Å². The summed E-state index contributed by atoms with van der Waals surface area (Å²) >= 11 is 0. The second-order valence-electron chi connectivity index (χ2n) is 3.17. The van der Waals surface area contributed by atoms with Crippen molar-refractivity contribution in [1.29, 1.82) is 5.26 Å². The Morgan fingerprint density at radius 1 is 1.69 bits per heavy atom. The maximum atomic E-state index is 11.4. The van der Waals surface area contributed by atoms with Crippen LogP contribution in [0.15, 0.2) is 11.3 Å². The summed E-state index contributed by atoms with van der Waals surface area (Å²) in [6.45, 7) is 2.83. The van der Waals surface area contributed by atoms with Crippen molar-refractivity contribution in [3.05, 3.63) is 11.3 Å². The zero-order valence-corrected chi connectivity index (χ0v) is 7.89. The molecule has 0 aliphatic carbocycles. The Balaban J connectivity index is 2.77. The molecule has 0 aromatic rings. The van der Waals surface area contributed by atoms with Crippen LogP contribution in [-0.4, -0.2) is 12.3 Å². The lowest BCUT2D eigenvalue weighted by atomic mass is 10.1. The maximum Gasteiger partial charge on any atom is 0.175 e. The number of hydrogen-bond acceptors (Lipinski definition) is 3. The van der Waals surface area contributed by atoms with Gasteiger partial charge in [0, 0.05) is 18.7 Å². The number of carbonyl (C=O) groups excluding carboxylic acids is 1. The van der Waals surface area contributed by atoms with E-state index in [1.165, 1.54) is 0 Å². The largest absolute Gasteiger partial charge is 0.387 e. The van der Waals surface area contributed by atoms with Gasteiger partial charge < -0.3 is 5.32 Å². The first kappa shape index (κ1) is 9.79. The minimum absolute atomic E-state index is 0.0191. The number of ketones is 1. The van der Waals surface area contributed by atoms with Crippen LogP contribution in [-0.2, 0) is 4.79 Å². The molecule has 0 radical (unpaired) electrons. The Hall–Kier alpha value is -1.30. The average Bonchev–Trinajstić information content (AvgIpc) is 2.59. The van der Waals surface area contributed by atoms with Gasteiger partial charge in [0.15, 0.2) is 5.78 Å².